The number of hydrogen-bond donors (Lipinski definition) is 1. The number of aromatic nitrogens is 1. The van der Waals surface area contributed by atoms with E-state index in [1.165, 1.54) is 57.8 Å². The van der Waals surface area contributed by atoms with Crippen LogP contribution < -0.4 is 4.74 Å². The van der Waals surface area contributed by atoms with E-state index in [0.717, 1.165) is 23.7 Å². The molecule has 138 valence electrons. The van der Waals surface area contributed by atoms with Gasteiger partial charge >= 0.3 is 5.97 Å². The fourth-order valence-electron chi connectivity index (χ4n) is 3.25. The number of carbonyl (C=O) groups is 1. The van der Waals surface area contributed by atoms with Crippen molar-refractivity contribution < 1.29 is 9.53 Å². The molecule has 2 aromatic rings. The van der Waals surface area contributed by atoms with Crippen molar-refractivity contribution in [2.45, 2.75) is 84.0 Å². The summed E-state index contributed by atoms with van der Waals surface area (Å²) >= 11 is 0. The second-order valence-electron chi connectivity index (χ2n) is 6.95. The van der Waals surface area contributed by atoms with Gasteiger partial charge in [-0.3, -0.25) is 4.79 Å². The van der Waals surface area contributed by atoms with E-state index in [-0.39, 0.29) is 5.97 Å². The molecule has 0 atom stereocenters. The number of aromatic amines is 1. The molecule has 0 aliphatic carbocycles. The van der Waals surface area contributed by atoms with Crippen LogP contribution >= 0.6 is 0 Å². The van der Waals surface area contributed by atoms with Gasteiger partial charge in [-0.25, -0.2) is 0 Å². The largest absolute Gasteiger partial charge is 0.426 e. The Balaban J connectivity index is 1.50. The van der Waals surface area contributed by atoms with E-state index in [1.54, 1.807) is 0 Å². The number of benzene rings is 1. The van der Waals surface area contributed by atoms with Gasteiger partial charge in [-0.2, -0.15) is 0 Å². The van der Waals surface area contributed by atoms with Crippen LogP contribution in [0.5, 0.6) is 5.75 Å². The molecular formula is C22H33NO2. The quantitative estimate of drug-likeness (QED) is 0.247. The first-order valence-electron chi connectivity index (χ1n) is 10.1. The van der Waals surface area contributed by atoms with E-state index in [1.807, 2.05) is 30.5 Å². The van der Waals surface area contributed by atoms with E-state index in [2.05, 4.69) is 11.9 Å². The molecule has 0 aliphatic heterocycles. The van der Waals surface area contributed by atoms with Crippen LogP contribution in [0.3, 0.4) is 0 Å². The van der Waals surface area contributed by atoms with Crippen molar-refractivity contribution in [2.24, 2.45) is 0 Å². The smallest absolute Gasteiger partial charge is 0.311 e. The van der Waals surface area contributed by atoms with Gasteiger partial charge < -0.3 is 9.72 Å². The molecule has 2 rings (SSSR count). The van der Waals surface area contributed by atoms with Crippen molar-refractivity contribution in [3.05, 3.63) is 30.5 Å². The number of unbranched alkanes of at least 4 members (excludes halogenated alkanes) is 10. The molecule has 0 spiro atoms. The average molecular weight is 344 g/mol. The zero-order valence-corrected chi connectivity index (χ0v) is 15.7. The molecule has 0 saturated carbocycles. The van der Waals surface area contributed by atoms with Crippen molar-refractivity contribution in [3.8, 4) is 5.75 Å². The molecular weight excluding hydrogens is 310 g/mol. The van der Waals surface area contributed by atoms with Gasteiger partial charge in [0.05, 0.1) is 0 Å². The van der Waals surface area contributed by atoms with Crippen LogP contribution in [-0.2, 0) is 4.79 Å². The molecule has 0 radical (unpaired) electrons. The van der Waals surface area contributed by atoms with E-state index in [9.17, 15) is 4.79 Å². The third-order valence-electron chi connectivity index (χ3n) is 4.76. The number of carbonyl (C=O) groups excluding carboxylic acids is 1. The summed E-state index contributed by atoms with van der Waals surface area (Å²) in [4.78, 5) is 15.1. The summed E-state index contributed by atoms with van der Waals surface area (Å²) in [5.41, 5.74) is 1.000. The molecule has 0 fully saturated rings. The highest BCUT2D eigenvalue weighted by Gasteiger charge is 2.08. The maximum atomic E-state index is 12.0. The van der Waals surface area contributed by atoms with Gasteiger partial charge in [-0.15, -0.1) is 0 Å². The van der Waals surface area contributed by atoms with Crippen LogP contribution in [0.2, 0.25) is 0 Å². The Labute approximate surface area is 152 Å². The molecule has 1 aromatic carbocycles. The van der Waals surface area contributed by atoms with Gasteiger partial charge in [0.2, 0.25) is 0 Å². The Kier molecular flexibility index (Phi) is 9.17. The van der Waals surface area contributed by atoms with Gasteiger partial charge in [0, 0.05) is 23.5 Å². The fraction of sp³-hybridized carbons (Fsp3) is 0.591. The Hall–Kier alpha value is -1.77. The molecule has 25 heavy (non-hydrogen) atoms. The first kappa shape index (κ1) is 19.6. The van der Waals surface area contributed by atoms with E-state index < -0.39 is 0 Å². The lowest BCUT2D eigenvalue weighted by Crippen LogP contribution is -2.07. The Morgan fingerprint density at radius 2 is 1.52 bits per heavy atom. The first-order chi connectivity index (χ1) is 12.3. The summed E-state index contributed by atoms with van der Waals surface area (Å²) in [5, 5.41) is 0.967. The van der Waals surface area contributed by atoms with Gasteiger partial charge in [0.1, 0.15) is 5.75 Å². The van der Waals surface area contributed by atoms with Crippen LogP contribution in [0, 0.1) is 0 Å². The number of hydrogen-bond acceptors (Lipinski definition) is 2. The molecule has 1 heterocycles. The van der Waals surface area contributed by atoms with Crippen LogP contribution in [0.15, 0.2) is 30.5 Å². The van der Waals surface area contributed by atoms with Crippen LogP contribution in [0.4, 0.5) is 0 Å². The number of esters is 1. The molecule has 3 nitrogen and oxygen atoms in total. The first-order valence-corrected chi connectivity index (χ1v) is 10.1. The monoisotopic (exact) mass is 343 g/mol. The zero-order chi connectivity index (χ0) is 17.7. The maximum Gasteiger partial charge on any atom is 0.311 e. The third-order valence-corrected chi connectivity index (χ3v) is 4.76. The summed E-state index contributed by atoms with van der Waals surface area (Å²) in [6.07, 6.45) is 16.6. The van der Waals surface area contributed by atoms with E-state index >= 15 is 0 Å². The second-order valence-corrected chi connectivity index (χ2v) is 6.95. The molecule has 0 amide bonds. The number of nitrogens with one attached hydrogen (secondary N) is 1. The van der Waals surface area contributed by atoms with Crippen LogP contribution in [-0.4, -0.2) is 11.0 Å². The van der Waals surface area contributed by atoms with Crippen molar-refractivity contribution in [1.29, 1.82) is 0 Å². The normalized spacial score (nSPS) is 11.1. The summed E-state index contributed by atoms with van der Waals surface area (Å²) in [6.45, 7) is 2.26. The molecule has 0 aliphatic rings. The fourth-order valence-corrected chi connectivity index (χ4v) is 3.25. The predicted octanol–water partition coefficient (Wildman–Crippen LogP) is 6.77. The molecule has 0 bridgehead atoms. The summed E-state index contributed by atoms with van der Waals surface area (Å²) < 4.78 is 5.52. The minimum absolute atomic E-state index is 0.121. The SMILES string of the molecule is CCCCCCCCCCCCCC(=O)Oc1cccc2[nH]ccc12. The Morgan fingerprint density at radius 3 is 2.20 bits per heavy atom. The van der Waals surface area contributed by atoms with Crippen LogP contribution in [0.1, 0.15) is 84.0 Å². The highest BCUT2D eigenvalue weighted by molar-refractivity contribution is 5.88. The van der Waals surface area contributed by atoms with E-state index in [4.69, 9.17) is 4.74 Å². The predicted molar refractivity (Wildman–Crippen MR) is 105 cm³/mol. The maximum absolute atomic E-state index is 12.0. The number of H-pyrrole nitrogens is 1. The van der Waals surface area contributed by atoms with Crippen molar-refractivity contribution in [2.75, 3.05) is 0 Å². The number of rotatable bonds is 13. The third kappa shape index (κ3) is 7.33. The van der Waals surface area contributed by atoms with Gasteiger partial charge in [0.25, 0.3) is 0 Å². The van der Waals surface area contributed by atoms with E-state index in [0.29, 0.717) is 12.2 Å². The lowest BCUT2D eigenvalue weighted by atomic mass is 10.1. The number of fused-ring (bicyclic) bond motifs is 1. The van der Waals surface area contributed by atoms with Gasteiger partial charge in [0.15, 0.2) is 0 Å². The molecule has 0 unspecified atom stereocenters. The minimum atomic E-state index is -0.121. The summed E-state index contributed by atoms with van der Waals surface area (Å²) in [5.74, 6) is 0.538. The Bertz CT molecular complexity index is 617. The molecule has 1 N–H and O–H groups in total. The number of ether oxygens (including phenoxy) is 1. The van der Waals surface area contributed by atoms with Crippen molar-refractivity contribution in [1.82, 2.24) is 4.98 Å². The lowest BCUT2D eigenvalue weighted by Gasteiger charge is -2.06. The van der Waals surface area contributed by atoms with Gasteiger partial charge in [-0.1, -0.05) is 77.2 Å². The second kappa shape index (κ2) is 11.7. The van der Waals surface area contributed by atoms with Crippen LogP contribution in [0.25, 0.3) is 10.9 Å². The molecule has 1 aromatic heterocycles. The zero-order valence-electron chi connectivity index (χ0n) is 15.7. The standard InChI is InChI=1S/C22H33NO2/c1-2-3-4-5-6-7-8-9-10-11-12-16-22(24)25-21-15-13-14-20-19(21)17-18-23-20/h13-15,17-18,23H,2-12,16H2,1H3. The Morgan fingerprint density at radius 1 is 0.880 bits per heavy atom. The topological polar surface area (TPSA) is 42.1 Å². The minimum Gasteiger partial charge on any atom is -0.426 e. The molecule has 3 heteroatoms. The van der Waals surface area contributed by atoms with Crippen molar-refractivity contribution >= 4 is 16.9 Å². The highest BCUT2D eigenvalue weighted by Crippen LogP contribution is 2.25. The lowest BCUT2D eigenvalue weighted by molar-refractivity contribution is -0.134. The van der Waals surface area contributed by atoms with Crippen molar-refractivity contribution in [3.63, 3.8) is 0 Å². The summed E-state index contributed by atoms with van der Waals surface area (Å²) in [7, 11) is 0. The molecule has 0 saturated heterocycles. The summed E-state index contributed by atoms with van der Waals surface area (Å²) in [6, 6.07) is 7.69. The van der Waals surface area contributed by atoms with Gasteiger partial charge in [-0.05, 0) is 24.6 Å². The average Bonchev–Trinajstić information content (AvgIpc) is 3.09. The highest BCUT2D eigenvalue weighted by atomic mass is 16.5.